The van der Waals surface area contributed by atoms with Gasteiger partial charge in [-0.15, -0.1) is 10.2 Å². The molecule has 126 valence electrons. The summed E-state index contributed by atoms with van der Waals surface area (Å²) in [4.78, 5) is 21.1. The topological polar surface area (TPSA) is 71.5 Å². The standard InChI is InChI=1S/C17H21N5O2/c23-17(22-6-2-1-3-7-22)16-18-15-12-13(4-5-14(15)19-20-16)21-8-10-24-11-9-21/h4-5,12H,1-3,6-11H2. The third-order valence-electron chi connectivity index (χ3n) is 4.65. The van der Waals surface area contributed by atoms with Crippen LogP contribution in [-0.4, -0.2) is 65.4 Å². The van der Waals surface area contributed by atoms with Crippen LogP contribution in [0.2, 0.25) is 0 Å². The first-order valence-corrected chi connectivity index (χ1v) is 8.58. The number of hydrogen-bond donors (Lipinski definition) is 0. The molecule has 7 heteroatoms. The number of rotatable bonds is 2. The van der Waals surface area contributed by atoms with Crippen LogP contribution in [0.4, 0.5) is 5.69 Å². The van der Waals surface area contributed by atoms with Crippen molar-refractivity contribution >= 4 is 22.6 Å². The Kier molecular flexibility index (Phi) is 4.25. The summed E-state index contributed by atoms with van der Waals surface area (Å²) in [7, 11) is 0. The van der Waals surface area contributed by atoms with E-state index in [1.54, 1.807) is 0 Å². The number of benzene rings is 1. The lowest BCUT2D eigenvalue weighted by Crippen LogP contribution is -2.37. The number of amides is 1. The fraction of sp³-hybridized carbons (Fsp3) is 0.529. The van der Waals surface area contributed by atoms with Crippen molar-refractivity contribution in [2.24, 2.45) is 0 Å². The van der Waals surface area contributed by atoms with Crippen LogP contribution in [0.15, 0.2) is 18.2 Å². The molecular formula is C17H21N5O2. The molecule has 2 saturated heterocycles. The molecule has 24 heavy (non-hydrogen) atoms. The molecule has 0 aliphatic carbocycles. The Bertz CT molecular complexity index is 739. The largest absolute Gasteiger partial charge is 0.378 e. The Balaban J connectivity index is 1.61. The van der Waals surface area contributed by atoms with Crippen molar-refractivity contribution in [3.8, 4) is 0 Å². The van der Waals surface area contributed by atoms with Gasteiger partial charge >= 0.3 is 0 Å². The van der Waals surface area contributed by atoms with Crippen molar-refractivity contribution in [1.29, 1.82) is 0 Å². The van der Waals surface area contributed by atoms with Crippen molar-refractivity contribution in [3.63, 3.8) is 0 Å². The predicted molar refractivity (Wildman–Crippen MR) is 90.1 cm³/mol. The number of anilines is 1. The molecule has 0 radical (unpaired) electrons. The summed E-state index contributed by atoms with van der Waals surface area (Å²) in [5.41, 5.74) is 2.51. The van der Waals surface area contributed by atoms with E-state index in [1.165, 1.54) is 6.42 Å². The first kappa shape index (κ1) is 15.3. The summed E-state index contributed by atoms with van der Waals surface area (Å²) in [6, 6.07) is 5.92. The summed E-state index contributed by atoms with van der Waals surface area (Å²) >= 11 is 0. The molecule has 3 heterocycles. The molecule has 2 aliphatic heterocycles. The summed E-state index contributed by atoms with van der Waals surface area (Å²) in [5.74, 6) is 0.0874. The second-order valence-electron chi connectivity index (χ2n) is 6.26. The molecule has 0 unspecified atom stereocenters. The highest BCUT2D eigenvalue weighted by molar-refractivity contribution is 5.92. The van der Waals surface area contributed by atoms with Gasteiger partial charge in [-0.2, -0.15) is 0 Å². The zero-order valence-electron chi connectivity index (χ0n) is 13.6. The van der Waals surface area contributed by atoms with Crippen LogP contribution in [-0.2, 0) is 4.74 Å². The number of hydrogen-bond acceptors (Lipinski definition) is 6. The van der Waals surface area contributed by atoms with Gasteiger partial charge in [0.15, 0.2) is 0 Å². The van der Waals surface area contributed by atoms with Gasteiger partial charge in [-0.05, 0) is 37.5 Å². The highest BCUT2D eigenvalue weighted by Gasteiger charge is 2.21. The average Bonchev–Trinajstić information content (AvgIpc) is 2.68. The molecule has 0 bridgehead atoms. The molecule has 2 aromatic rings. The first-order chi connectivity index (χ1) is 11.8. The van der Waals surface area contributed by atoms with Gasteiger partial charge in [-0.3, -0.25) is 4.79 Å². The summed E-state index contributed by atoms with van der Waals surface area (Å²) in [5, 5.41) is 8.22. The van der Waals surface area contributed by atoms with Crippen LogP contribution in [0, 0.1) is 0 Å². The lowest BCUT2D eigenvalue weighted by Gasteiger charge is -2.28. The number of carbonyl (C=O) groups is 1. The number of piperidine rings is 1. The van der Waals surface area contributed by atoms with E-state index in [1.807, 2.05) is 23.1 Å². The van der Waals surface area contributed by atoms with Crippen molar-refractivity contribution in [2.45, 2.75) is 19.3 Å². The zero-order valence-corrected chi connectivity index (χ0v) is 13.6. The average molecular weight is 327 g/mol. The maximum atomic E-state index is 12.6. The van der Waals surface area contributed by atoms with Crippen molar-refractivity contribution in [3.05, 3.63) is 24.0 Å². The minimum atomic E-state index is -0.110. The monoisotopic (exact) mass is 327 g/mol. The van der Waals surface area contributed by atoms with Crippen LogP contribution in [0.5, 0.6) is 0 Å². The normalized spacial score (nSPS) is 18.8. The highest BCUT2D eigenvalue weighted by atomic mass is 16.5. The minimum absolute atomic E-state index is 0.110. The Morgan fingerprint density at radius 1 is 0.958 bits per heavy atom. The molecule has 0 atom stereocenters. The van der Waals surface area contributed by atoms with Crippen LogP contribution >= 0.6 is 0 Å². The molecule has 7 nitrogen and oxygen atoms in total. The molecule has 2 fully saturated rings. The van der Waals surface area contributed by atoms with Gasteiger partial charge in [0.05, 0.1) is 18.7 Å². The second kappa shape index (κ2) is 6.68. The van der Waals surface area contributed by atoms with E-state index in [-0.39, 0.29) is 11.7 Å². The van der Waals surface area contributed by atoms with Gasteiger partial charge in [0.2, 0.25) is 5.82 Å². The minimum Gasteiger partial charge on any atom is -0.378 e. The third kappa shape index (κ3) is 3.03. The van der Waals surface area contributed by atoms with Gasteiger partial charge in [0.25, 0.3) is 5.91 Å². The lowest BCUT2D eigenvalue weighted by atomic mass is 10.1. The van der Waals surface area contributed by atoms with E-state index in [2.05, 4.69) is 20.1 Å². The van der Waals surface area contributed by atoms with Gasteiger partial charge < -0.3 is 14.5 Å². The van der Waals surface area contributed by atoms with Crippen LogP contribution in [0.25, 0.3) is 11.0 Å². The number of carbonyl (C=O) groups excluding carboxylic acids is 1. The zero-order chi connectivity index (χ0) is 16.4. The van der Waals surface area contributed by atoms with Crippen LogP contribution in [0.3, 0.4) is 0 Å². The van der Waals surface area contributed by atoms with E-state index in [0.29, 0.717) is 11.0 Å². The van der Waals surface area contributed by atoms with Gasteiger partial charge in [0.1, 0.15) is 5.52 Å². The molecule has 1 aromatic heterocycles. The summed E-state index contributed by atoms with van der Waals surface area (Å²) < 4.78 is 5.40. The lowest BCUT2D eigenvalue weighted by molar-refractivity contribution is 0.0711. The predicted octanol–water partition coefficient (Wildman–Crippen LogP) is 1.49. The number of morpholine rings is 1. The third-order valence-corrected chi connectivity index (χ3v) is 4.65. The molecule has 1 aromatic carbocycles. The molecule has 1 amide bonds. The second-order valence-corrected chi connectivity index (χ2v) is 6.26. The summed E-state index contributed by atoms with van der Waals surface area (Å²) in [6.07, 6.45) is 3.28. The first-order valence-electron chi connectivity index (χ1n) is 8.58. The fourth-order valence-electron chi connectivity index (χ4n) is 3.27. The highest BCUT2D eigenvalue weighted by Crippen LogP contribution is 2.21. The van der Waals surface area contributed by atoms with E-state index in [4.69, 9.17) is 4.74 Å². The number of ether oxygens (including phenoxy) is 1. The van der Waals surface area contributed by atoms with E-state index in [0.717, 1.165) is 57.9 Å². The molecule has 0 spiro atoms. The van der Waals surface area contributed by atoms with E-state index < -0.39 is 0 Å². The van der Waals surface area contributed by atoms with Crippen LogP contribution < -0.4 is 4.90 Å². The Morgan fingerprint density at radius 3 is 2.54 bits per heavy atom. The quantitative estimate of drug-likeness (QED) is 0.832. The van der Waals surface area contributed by atoms with Crippen molar-refractivity contribution in [1.82, 2.24) is 20.1 Å². The molecule has 0 N–H and O–H groups in total. The van der Waals surface area contributed by atoms with Crippen molar-refractivity contribution in [2.75, 3.05) is 44.3 Å². The SMILES string of the molecule is O=C(c1nnc2ccc(N3CCOCC3)cc2n1)N1CCCCC1. The number of aromatic nitrogens is 3. The maximum Gasteiger partial charge on any atom is 0.293 e. The van der Waals surface area contributed by atoms with Gasteiger partial charge in [0, 0.05) is 31.9 Å². The molecule has 4 rings (SSSR count). The molecule has 2 aliphatic rings. The Hall–Kier alpha value is -2.28. The van der Waals surface area contributed by atoms with E-state index >= 15 is 0 Å². The van der Waals surface area contributed by atoms with E-state index in [9.17, 15) is 4.79 Å². The molecule has 0 saturated carbocycles. The van der Waals surface area contributed by atoms with Crippen molar-refractivity contribution < 1.29 is 9.53 Å². The fourth-order valence-corrected chi connectivity index (χ4v) is 3.27. The van der Waals surface area contributed by atoms with Gasteiger partial charge in [-0.1, -0.05) is 0 Å². The smallest absolute Gasteiger partial charge is 0.293 e. The number of likely N-dealkylation sites (tertiary alicyclic amines) is 1. The Labute approximate surface area is 140 Å². The number of nitrogens with zero attached hydrogens (tertiary/aromatic N) is 5. The number of fused-ring (bicyclic) bond motifs is 1. The van der Waals surface area contributed by atoms with Crippen LogP contribution in [0.1, 0.15) is 29.9 Å². The molecular weight excluding hydrogens is 306 g/mol. The Morgan fingerprint density at radius 2 is 1.75 bits per heavy atom. The maximum absolute atomic E-state index is 12.6. The van der Waals surface area contributed by atoms with Gasteiger partial charge in [-0.25, -0.2) is 4.98 Å². The summed E-state index contributed by atoms with van der Waals surface area (Å²) in [6.45, 7) is 4.77.